The van der Waals surface area contributed by atoms with Crippen LogP contribution in [0.3, 0.4) is 0 Å². The van der Waals surface area contributed by atoms with Crippen molar-refractivity contribution in [3.05, 3.63) is 65.9 Å². The Hall–Kier alpha value is -4.18. The first kappa shape index (κ1) is 29.9. The number of ether oxygens (including phenoxy) is 1. The van der Waals surface area contributed by atoms with Crippen LogP contribution in [0.4, 0.5) is 11.5 Å². The number of carboxylic acids is 1. The number of hydrogen-bond acceptors (Lipinski definition) is 8. The third kappa shape index (κ3) is 6.36. The number of carbonyl (C=O) groups is 2. The molecule has 1 amide bonds. The summed E-state index contributed by atoms with van der Waals surface area (Å²) < 4.78 is 6.35. The van der Waals surface area contributed by atoms with Crippen molar-refractivity contribution in [2.75, 3.05) is 62.2 Å². The molecule has 2 saturated heterocycles. The second-order valence-electron chi connectivity index (χ2n) is 12.0. The number of piperazine rings is 1. The van der Waals surface area contributed by atoms with Gasteiger partial charge in [-0.1, -0.05) is 36.9 Å². The highest BCUT2D eigenvalue weighted by Crippen LogP contribution is 2.35. The molecule has 232 valence electrons. The quantitative estimate of drug-likeness (QED) is 0.347. The summed E-state index contributed by atoms with van der Waals surface area (Å²) in [5.74, 6) is 0.118. The van der Waals surface area contributed by atoms with Gasteiger partial charge in [0.05, 0.1) is 12.2 Å². The van der Waals surface area contributed by atoms with Crippen LogP contribution in [0.5, 0.6) is 6.01 Å². The second kappa shape index (κ2) is 13.2. The number of fused-ring (bicyclic) bond motifs is 2. The van der Waals surface area contributed by atoms with Gasteiger partial charge in [0.15, 0.2) is 0 Å². The van der Waals surface area contributed by atoms with Gasteiger partial charge >= 0.3 is 12.0 Å². The number of aryl methyl sites for hydroxylation is 1. The summed E-state index contributed by atoms with van der Waals surface area (Å²) in [5.41, 5.74) is 4.61. The molecule has 3 aliphatic heterocycles. The maximum atomic E-state index is 12.2. The van der Waals surface area contributed by atoms with E-state index in [1.807, 2.05) is 4.90 Å². The van der Waals surface area contributed by atoms with Crippen LogP contribution in [0, 0.1) is 6.92 Å². The average molecular weight is 599 g/mol. The number of carboxylic acid groups (broad SMARTS) is 1. The summed E-state index contributed by atoms with van der Waals surface area (Å²) >= 11 is 0. The number of likely N-dealkylation sites (tertiary alicyclic amines) is 1. The summed E-state index contributed by atoms with van der Waals surface area (Å²) in [4.78, 5) is 42.1. The summed E-state index contributed by atoms with van der Waals surface area (Å²) in [6.07, 6.45) is 5.10. The molecule has 2 aromatic carbocycles. The number of rotatable bonds is 10. The van der Waals surface area contributed by atoms with Crippen LogP contribution in [0.25, 0.3) is 10.8 Å². The Balaban J connectivity index is 1.26. The predicted molar refractivity (Wildman–Crippen MR) is 171 cm³/mol. The molecule has 2 fully saturated rings. The topological polar surface area (TPSA) is 102 Å². The smallest absolute Gasteiger partial charge is 0.318 e. The maximum Gasteiger partial charge on any atom is 0.318 e. The molecule has 3 aromatic rings. The lowest BCUT2D eigenvalue weighted by molar-refractivity contribution is -0.137. The van der Waals surface area contributed by atoms with Gasteiger partial charge in [0.1, 0.15) is 12.4 Å². The van der Waals surface area contributed by atoms with Gasteiger partial charge in [0, 0.05) is 61.8 Å². The van der Waals surface area contributed by atoms with Crippen LogP contribution in [0.1, 0.15) is 42.5 Å². The molecule has 4 heterocycles. The fourth-order valence-electron chi connectivity index (χ4n) is 6.94. The Morgan fingerprint density at radius 3 is 2.61 bits per heavy atom. The van der Waals surface area contributed by atoms with Gasteiger partial charge in [0.2, 0.25) is 5.91 Å². The number of benzene rings is 2. The first-order valence-electron chi connectivity index (χ1n) is 15.8. The predicted octanol–water partition coefficient (Wildman–Crippen LogP) is 4.04. The molecule has 1 atom stereocenters. The highest BCUT2D eigenvalue weighted by atomic mass is 16.5. The number of aromatic nitrogens is 2. The van der Waals surface area contributed by atoms with Crippen molar-refractivity contribution in [1.29, 1.82) is 0 Å². The van der Waals surface area contributed by atoms with Crippen molar-refractivity contribution in [3.63, 3.8) is 0 Å². The molecule has 6 rings (SSSR count). The van der Waals surface area contributed by atoms with E-state index in [4.69, 9.17) is 19.8 Å². The van der Waals surface area contributed by atoms with Crippen molar-refractivity contribution in [1.82, 2.24) is 19.8 Å². The SMILES string of the molecule is C=CC(=O)N1CCN(c2nc(OCC3CCCN3CCCC(=O)O)nc3c2CCN(c2cccc4cccc(C)c24)C3)CC1. The van der Waals surface area contributed by atoms with E-state index in [1.54, 1.807) is 0 Å². The fraction of sp³-hybridized carbons (Fsp3) is 0.471. The first-order valence-corrected chi connectivity index (χ1v) is 15.8. The number of aliphatic carboxylic acids is 1. The second-order valence-corrected chi connectivity index (χ2v) is 12.0. The molecule has 1 unspecified atom stereocenters. The third-order valence-corrected chi connectivity index (χ3v) is 9.26. The van der Waals surface area contributed by atoms with Crippen LogP contribution in [-0.4, -0.2) is 95.2 Å². The normalized spacial score (nSPS) is 18.8. The molecule has 10 nitrogen and oxygen atoms in total. The lowest BCUT2D eigenvalue weighted by Gasteiger charge is -2.38. The van der Waals surface area contributed by atoms with Crippen molar-refractivity contribution in [2.24, 2.45) is 0 Å². The molecule has 1 N–H and O–H groups in total. The van der Waals surface area contributed by atoms with E-state index in [2.05, 4.69) is 64.6 Å². The molecule has 3 aliphatic rings. The van der Waals surface area contributed by atoms with Gasteiger partial charge in [-0.15, -0.1) is 0 Å². The molecule has 0 saturated carbocycles. The van der Waals surface area contributed by atoms with Crippen molar-refractivity contribution < 1.29 is 19.4 Å². The van der Waals surface area contributed by atoms with Crippen LogP contribution in [0.15, 0.2) is 49.1 Å². The van der Waals surface area contributed by atoms with Gasteiger partial charge in [-0.2, -0.15) is 9.97 Å². The van der Waals surface area contributed by atoms with Crippen LogP contribution < -0.4 is 14.5 Å². The van der Waals surface area contributed by atoms with Crippen LogP contribution >= 0.6 is 0 Å². The van der Waals surface area contributed by atoms with Gasteiger partial charge in [-0.25, -0.2) is 0 Å². The number of hydrogen-bond donors (Lipinski definition) is 1. The van der Waals surface area contributed by atoms with Crippen molar-refractivity contribution >= 4 is 34.2 Å². The van der Waals surface area contributed by atoms with E-state index in [1.165, 1.54) is 28.1 Å². The summed E-state index contributed by atoms with van der Waals surface area (Å²) in [5, 5.41) is 11.6. The zero-order valence-corrected chi connectivity index (χ0v) is 25.6. The highest BCUT2D eigenvalue weighted by molar-refractivity contribution is 5.97. The van der Waals surface area contributed by atoms with Crippen LogP contribution in [0.2, 0.25) is 0 Å². The molecule has 0 radical (unpaired) electrons. The minimum atomic E-state index is -0.755. The Bertz CT molecular complexity index is 1530. The van der Waals surface area contributed by atoms with Crippen molar-refractivity contribution in [2.45, 2.75) is 51.6 Å². The lowest BCUT2D eigenvalue weighted by atomic mass is 9.99. The zero-order chi connectivity index (χ0) is 30.6. The molecule has 44 heavy (non-hydrogen) atoms. The molecular formula is C34H42N6O4. The minimum Gasteiger partial charge on any atom is -0.481 e. The number of amides is 1. The van der Waals surface area contributed by atoms with E-state index in [0.717, 1.165) is 56.0 Å². The van der Waals surface area contributed by atoms with E-state index >= 15 is 0 Å². The van der Waals surface area contributed by atoms with Crippen LogP contribution in [-0.2, 0) is 22.6 Å². The summed E-state index contributed by atoms with van der Waals surface area (Å²) in [6, 6.07) is 13.5. The lowest BCUT2D eigenvalue weighted by Crippen LogP contribution is -2.49. The Labute approximate surface area is 258 Å². The van der Waals surface area contributed by atoms with E-state index in [-0.39, 0.29) is 18.4 Å². The molecule has 10 heteroatoms. The largest absolute Gasteiger partial charge is 0.481 e. The Morgan fingerprint density at radius 2 is 1.84 bits per heavy atom. The number of nitrogens with zero attached hydrogens (tertiary/aromatic N) is 6. The first-order chi connectivity index (χ1) is 21.4. The standard InChI is InChI=1S/C34H42N6O4/c1-3-30(41)38-18-20-39(21-19-38)33-27-14-17-40(29-12-5-10-25-9-4-8-24(2)32(25)29)22-28(27)35-34(36-33)44-23-26-11-6-15-37(26)16-7-13-31(42)43/h3-5,8-10,12,26H,1,6-7,11,13-23H2,2H3,(H,42,43). The van der Waals surface area contributed by atoms with Gasteiger partial charge in [-0.3, -0.25) is 14.5 Å². The highest BCUT2D eigenvalue weighted by Gasteiger charge is 2.30. The van der Waals surface area contributed by atoms with E-state index in [9.17, 15) is 9.59 Å². The molecule has 0 bridgehead atoms. The molecule has 1 aromatic heterocycles. The fourth-order valence-corrected chi connectivity index (χ4v) is 6.94. The van der Waals surface area contributed by atoms with Gasteiger partial charge in [-0.05, 0) is 68.8 Å². The minimum absolute atomic E-state index is 0.0381. The summed E-state index contributed by atoms with van der Waals surface area (Å²) in [6.45, 7) is 12.1. The summed E-state index contributed by atoms with van der Waals surface area (Å²) in [7, 11) is 0. The molecule has 0 spiro atoms. The van der Waals surface area contributed by atoms with E-state index < -0.39 is 5.97 Å². The number of anilines is 2. The Morgan fingerprint density at radius 1 is 1.05 bits per heavy atom. The van der Waals surface area contributed by atoms with Gasteiger partial charge in [0.25, 0.3) is 0 Å². The molecular weight excluding hydrogens is 556 g/mol. The number of carbonyl (C=O) groups excluding carboxylic acids is 1. The maximum absolute atomic E-state index is 12.2. The zero-order valence-electron chi connectivity index (χ0n) is 25.6. The van der Waals surface area contributed by atoms with Crippen molar-refractivity contribution in [3.8, 4) is 6.01 Å². The molecule has 0 aliphatic carbocycles. The van der Waals surface area contributed by atoms with Gasteiger partial charge < -0.3 is 24.5 Å². The van der Waals surface area contributed by atoms with E-state index in [0.29, 0.717) is 51.8 Å². The monoisotopic (exact) mass is 598 g/mol. The average Bonchev–Trinajstić information content (AvgIpc) is 3.49. The third-order valence-electron chi connectivity index (χ3n) is 9.26. The Kier molecular flexibility index (Phi) is 8.97.